The van der Waals surface area contributed by atoms with Gasteiger partial charge in [0, 0.05) is 22.2 Å². The first-order valence-corrected chi connectivity index (χ1v) is 10.2. The Kier molecular flexibility index (Phi) is 7.30. The lowest BCUT2D eigenvalue weighted by Gasteiger charge is -2.08. The molecule has 0 aliphatic heterocycles. The van der Waals surface area contributed by atoms with Crippen LogP contribution in [0.2, 0.25) is 10.0 Å². The number of hydrogen-bond acceptors (Lipinski definition) is 2. The summed E-state index contributed by atoms with van der Waals surface area (Å²) in [5, 5.41) is 6.36. The average molecular weight is 455 g/mol. The third-order valence-corrected chi connectivity index (χ3v) is 5.28. The molecule has 1 aliphatic rings. The van der Waals surface area contributed by atoms with Crippen LogP contribution in [0.1, 0.15) is 29.5 Å². The molecule has 1 saturated carbocycles. The average Bonchev–Trinajstić information content (AvgIpc) is 3.49. The molecule has 1 fully saturated rings. The van der Waals surface area contributed by atoms with E-state index < -0.39 is 17.6 Å². The van der Waals surface area contributed by atoms with Crippen LogP contribution in [-0.2, 0) is 17.4 Å². The van der Waals surface area contributed by atoms with E-state index in [0.29, 0.717) is 10.7 Å². The Hall–Kier alpha value is -2.20. The molecular formula is C22H19Cl2F3N2O. The molecule has 0 atom stereocenters. The van der Waals surface area contributed by atoms with E-state index in [9.17, 15) is 18.0 Å². The Morgan fingerprint density at radius 3 is 2.50 bits per heavy atom. The molecule has 0 unspecified atom stereocenters. The van der Waals surface area contributed by atoms with E-state index in [2.05, 4.69) is 22.5 Å². The van der Waals surface area contributed by atoms with Gasteiger partial charge < -0.3 is 10.6 Å². The van der Waals surface area contributed by atoms with E-state index >= 15 is 0 Å². The highest BCUT2D eigenvalue weighted by atomic mass is 35.5. The molecule has 1 amide bonds. The van der Waals surface area contributed by atoms with Crippen molar-refractivity contribution in [3.8, 4) is 11.8 Å². The fraction of sp³-hybridized carbons (Fsp3) is 0.318. The maximum Gasteiger partial charge on any atom is 0.416 e. The van der Waals surface area contributed by atoms with Crippen LogP contribution < -0.4 is 10.6 Å². The van der Waals surface area contributed by atoms with Crippen molar-refractivity contribution in [2.24, 2.45) is 5.92 Å². The summed E-state index contributed by atoms with van der Waals surface area (Å²) in [4.78, 5) is 12.0. The zero-order chi connectivity index (χ0) is 21.7. The van der Waals surface area contributed by atoms with E-state index in [1.54, 1.807) is 12.1 Å². The van der Waals surface area contributed by atoms with Gasteiger partial charge in [-0.1, -0.05) is 35.2 Å². The minimum Gasteiger partial charge on any atom is -0.316 e. The molecule has 0 saturated heterocycles. The highest BCUT2D eigenvalue weighted by Crippen LogP contribution is 2.32. The molecule has 8 heteroatoms. The summed E-state index contributed by atoms with van der Waals surface area (Å²) in [6, 6.07) is 7.99. The van der Waals surface area contributed by atoms with Crippen molar-refractivity contribution >= 4 is 34.8 Å². The van der Waals surface area contributed by atoms with Crippen molar-refractivity contribution in [1.82, 2.24) is 5.32 Å². The number of carbonyl (C=O) groups excluding carboxylic acids is 1. The first-order valence-electron chi connectivity index (χ1n) is 9.41. The monoisotopic (exact) mass is 454 g/mol. The number of anilines is 1. The normalized spacial score (nSPS) is 13.5. The van der Waals surface area contributed by atoms with Gasteiger partial charge in [0.05, 0.1) is 10.6 Å². The third kappa shape index (κ3) is 6.66. The minimum atomic E-state index is -4.49. The van der Waals surface area contributed by atoms with Gasteiger partial charge in [-0.15, -0.1) is 0 Å². The van der Waals surface area contributed by atoms with Gasteiger partial charge >= 0.3 is 12.1 Å². The quantitative estimate of drug-likeness (QED) is 0.444. The predicted molar refractivity (Wildman–Crippen MR) is 113 cm³/mol. The van der Waals surface area contributed by atoms with Crippen LogP contribution in [0, 0.1) is 17.8 Å². The lowest BCUT2D eigenvalue weighted by Crippen LogP contribution is -2.19. The van der Waals surface area contributed by atoms with Gasteiger partial charge in [-0.3, -0.25) is 4.79 Å². The standard InChI is InChI=1S/C22H19Cl2F3N2O/c23-19-11-17(22(25,26)27)6-3-15(19)5-8-21(30)29-18-7-4-16(20(24)12-18)9-10-28-13-14-1-2-14/h3-4,6-7,11-12,14,28H,1-2,9-10,13H2,(H,29,30). The molecule has 1 aliphatic carbocycles. The molecule has 2 aromatic rings. The number of hydrogen-bond donors (Lipinski definition) is 2. The maximum absolute atomic E-state index is 12.7. The van der Waals surface area contributed by atoms with Crippen molar-refractivity contribution in [2.75, 3.05) is 18.4 Å². The van der Waals surface area contributed by atoms with Crippen molar-refractivity contribution in [2.45, 2.75) is 25.4 Å². The molecule has 0 aromatic heterocycles. The Morgan fingerprint density at radius 1 is 1.10 bits per heavy atom. The third-order valence-electron chi connectivity index (χ3n) is 4.62. The fourth-order valence-corrected chi connectivity index (χ4v) is 3.26. The molecule has 0 bridgehead atoms. The van der Waals surface area contributed by atoms with Gasteiger partial charge in [0.15, 0.2) is 0 Å². The van der Waals surface area contributed by atoms with Gasteiger partial charge in [-0.25, -0.2) is 0 Å². The first-order chi connectivity index (χ1) is 14.2. The predicted octanol–water partition coefficient (Wildman–Crippen LogP) is 5.54. The van der Waals surface area contributed by atoms with Gasteiger partial charge in [-0.05, 0) is 74.2 Å². The Labute approximate surface area is 182 Å². The van der Waals surface area contributed by atoms with Gasteiger partial charge in [0.25, 0.3) is 0 Å². The zero-order valence-corrected chi connectivity index (χ0v) is 17.4. The zero-order valence-electron chi connectivity index (χ0n) is 15.9. The molecule has 0 heterocycles. The molecular weight excluding hydrogens is 436 g/mol. The lowest BCUT2D eigenvalue weighted by atomic mass is 10.1. The van der Waals surface area contributed by atoms with Gasteiger partial charge in [0.2, 0.25) is 0 Å². The maximum atomic E-state index is 12.7. The van der Waals surface area contributed by atoms with Crippen LogP contribution in [0.3, 0.4) is 0 Å². The number of nitrogens with one attached hydrogen (secondary N) is 2. The van der Waals surface area contributed by atoms with Crippen molar-refractivity contribution in [1.29, 1.82) is 0 Å². The van der Waals surface area contributed by atoms with Crippen LogP contribution in [-0.4, -0.2) is 19.0 Å². The summed E-state index contributed by atoms with van der Waals surface area (Å²) in [6.45, 7) is 1.87. The Bertz CT molecular complexity index is 992. The summed E-state index contributed by atoms with van der Waals surface area (Å²) in [7, 11) is 0. The molecule has 0 spiro atoms. The van der Waals surface area contributed by atoms with Crippen molar-refractivity contribution in [3.63, 3.8) is 0 Å². The van der Waals surface area contributed by atoms with Crippen LogP contribution >= 0.6 is 23.2 Å². The summed E-state index contributed by atoms with van der Waals surface area (Å²) in [5.41, 5.74) is 0.708. The van der Waals surface area contributed by atoms with E-state index in [1.165, 1.54) is 12.8 Å². The van der Waals surface area contributed by atoms with Crippen molar-refractivity contribution in [3.05, 3.63) is 63.1 Å². The number of alkyl halides is 3. The molecule has 3 nitrogen and oxygen atoms in total. The second-order valence-electron chi connectivity index (χ2n) is 7.10. The highest BCUT2D eigenvalue weighted by molar-refractivity contribution is 6.32. The van der Waals surface area contributed by atoms with Crippen LogP contribution in [0.25, 0.3) is 0 Å². The summed E-state index contributed by atoms with van der Waals surface area (Å²) in [5.74, 6) is 5.00. The Balaban J connectivity index is 1.56. The Morgan fingerprint density at radius 2 is 1.87 bits per heavy atom. The van der Waals surface area contributed by atoms with Crippen LogP contribution in [0.4, 0.5) is 18.9 Å². The largest absolute Gasteiger partial charge is 0.416 e. The smallest absolute Gasteiger partial charge is 0.316 e. The topological polar surface area (TPSA) is 41.1 Å². The van der Waals surface area contributed by atoms with E-state index in [0.717, 1.165) is 49.2 Å². The van der Waals surface area contributed by atoms with Crippen LogP contribution in [0.5, 0.6) is 0 Å². The number of halogens is 5. The second kappa shape index (κ2) is 9.74. The molecule has 2 aromatic carbocycles. The highest BCUT2D eigenvalue weighted by Gasteiger charge is 2.30. The SMILES string of the molecule is O=C(C#Cc1ccc(C(F)(F)F)cc1Cl)Nc1ccc(CCNCC2CC2)c(Cl)c1. The molecule has 158 valence electrons. The summed E-state index contributed by atoms with van der Waals surface area (Å²) < 4.78 is 38.0. The second-order valence-corrected chi connectivity index (χ2v) is 7.91. The number of amides is 1. The first kappa shape index (κ1) is 22.5. The number of carbonyl (C=O) groups is 1. The van der Waals surface area contributed by atoms with Gasteiger partial charge in [-0.2, -0.15) is 13.2 Å². The molecule has 30 heavy (non-hydrogen) atoms. The number of rotatable bonds is 6. The van der Waals surface area contributed by atoms with E-state index in [1.807, 2.05) is 6.07 Å². The minimum absolute atomic E-state index is 0.131. The molecule has 2 N–H and O–H groups in total. The number of benzene rings is 2. The van der Waals surface area contributed by atoms with Gasteiger partial charge in [0.1, 0.15) is 0 Å². The summed E-state index contributed by atoms with van der Waals surface area (Å²) >= 11 is 12.1. The van der Waals surface area contributed by atoms with Crippen LogP contribution in [0.15, 0.2) is 36.4 Å². The van der Waals surface area contributed by atoms with Crippen molar-refractivity contribution < 1.29 is 18.0 Å². The summed E-state index contributed by atoms with van der Waals surface area (Å²) in [6.07, 6.45) is -1.11. The molecule has 3 rings (SSSR count). The molecule has 0 radical (unpaired) electrons. The lowest BCUT2D eigenvalue weighted by molar-refractivity contribution is -0.137. The van der Waals surface area contributed by atoms with E-state index in [4.69, 9.17) is 23.2 Å². The fourth-order valence-electron chi connectivity index (χ4n) is 2.76. The van der Waals surface area contributed by atoms with E-state index in [-0.39, 0.29) is 10.6 Å².